The van der Waals surface area contributed by atoms with Crippen LogP contribution in [0.1, 0.15) is 22.8 Å². The maximum absolute atomic E-state index is 12.3. The van der Waals surface area contributed by atoms with Gasteiger partial charge >= 0.3 is 12.4 Å². The minimum absolute atomic E-state index is 0.180. The number of nitrogens with zero attached hydrogens (tertiary/aromatic N) is 8. The van der Waals surface area contributed by atoms with Gasteiger partial charge in [-0.15, -0.1) is 0 Å². The van der Waals surface area contributed by atoms with Crippen LogP contribution in [0.3, 0.4) is 0 Å². The van der Waals surface area contributed by atoms with Crippen LogP contribution in [-0.4, -0.2) is 39.9 Å². The number of alkyl halides is 6. The van der Waals surface area contributed by atoms with Gasteiger partial charge in [-0.1, -0.05) is 11.6 Å². The van der Waals surface area contributed by atoms with E-state index in [2.05, 4.69) is 39.9 Å². The fraction of sp³-hybridized carbons (Fsp3) is 0.200. The number of hydrogen-bond donors (Lipinski definition) is 1. The first-order valence-electron chi connectivity index (χ1n) is 9.63. The van der Waals surface area contributed by atoms with Crippen molar-refractivity contribution in [2.24, 2.45) is 0 Å². The second kappa shape index (κ2) is 10.3. The van der Waals surface area contributed by atoms with E-state index in [-0.39, 0.29) is 33.7 Å². The SMILES string of the molecule is Cc1cnc(-c2cnc(C(F)(F)F)nc2)nc1Cl.Cc1cnc(-c2cnc(C(F)(F)F)nc2)nc1N. The van der Waals surface area contributed by atoms with Crippen LogP contribution in [0.25, 0.3) is 22.8 Å². The predicted octanol–water partition coefficient (Wildman–Crippen LogP) is 4.76. The maximum Gasteiger partial charge on any atom is 0.451 e. The van der Waals surface area contributed by atoms with Crippen molar-refractivity contribution in [1.29, 1.82) is 0 Å². The molecule has 2 N–H and O–H groups in total. The predicted molar refractivity (Wildman–Crippen MR) is 115 cm³/mol. The van der Waals surface area contributed by atoms with Crippen LogP contribution in [0.5, 0.6) is 0 Å². The summed E-state index contributed by atoms with van der Waals surface area (Å²) in [6.45, 7) is 3.44. The summed E-state index contributed by atoms with van der Waals surface area (Å²) >= 11 is 5.80. The maximum atomic E-state index is 12.3. The van der Waals surface area contributed by atoms with Crippen molar-refractivity contribution in [2.75, 3.05) is 5.73 Å². The number of aryl methyl sites for hydroxylation is 2. The van der Waals surface area contributed by atoms with E-state index >= 15 is 0 Å². The molecule has 0 bridgehead atoms. The Morgan fingerprint density at radius 1 is 0.611 bits per heavy atom. The Bertz CT molecular complexity index is 1240. The molecule has 0 atom stereocenters. The normalized spacial score (nSPS) is 11.6. The average Bonchev–Trinajstić information content (AvgIpc) is 2.82. The summed E-state index contributed by atoms with van der Waals surface area (Å²) in [5.74, 6) is -1.78. The summed E-state index contributed by atoms with van der Waals surface area (Å²) in [7, 11) is 0. The van der Waals surface area contributed by atoms with Gasteiger partial charge in [0.1, 0.15) is 11.0 Å². The lowest BCUT2D eigenvalue weighted by atomic mass is 10.3. The molecule has 4 heterocycles. The molecule has 0 unspecified atom stereocenters. The smallest absolute Gasteiger partial charge is 0.383 e. The monoisotopic (exact) mass is 529 g/mol. The van der Waals surface area contributed by atoms with E-state index in [0.29, 0.717) is 11.1 Å². The molecule has 0 saturated heterocycles. The van der Waals surface area contributed by atoms with E-state index in [1.807, 2.05) is 0 Å². The quantitative estimate of drug-likeness (QED) is 0.288. The van der Waals surface area contributed by atoms with E-state index in [1.54, 1.807) is 13.8 Å². The van der Waals surface area contributed by atoms with Gasteiger partial charge in [-0.3, -0.25) is 0 Å². The topological polar surface area (TPSA) is 129 Å². The molecule has 4 aromatic rings. The van der Waals surface area contributed by atoms with E-state index in [9.17, 15) is 26.3 Å². The van der Waals surface area contributed by atoms with E-state index in [4.69, 9.17) is 17.3 Å². The molecule has 4 rings (SSSR count). The molecule has 0 spiro atoms. The molecule has 0 saturated carbocycles. The zero-order valence-corrected chi connectivity index (χ0v) is 19.0. The highest BCUT2D eigenvalue weighted by atomic mass is 35.5. The fourth-order valence-corrected chi connectivity index (χ4v) is 2.46. The third kappa shape index (κ3) is 6.56. The molecule has 16 heteroatoms. The molecule has 0 amide bonds. The van der Waals surface area contributed by atoms with E-state index in [0.717, 1.165) is 24.8 Å². The van der Waals surface area contributed by atoms with Crippen molar-refractivity contribution in [3.05, 3.63) is 65.1 Å². The van der Waals surface area contributed by atoms with Crippen molar-refractivity contribution in [3.63, 3.8) is 0 Å². The first-order chi connectivity index (χ1) is 16.8. The van der Waals surface area contributed by atoms with Gasteiger partial charge in [-0.2, -0.15) is 26.3 Å². The van der Waals surface area contributed by atoms with Crippen molar-refractivity contribution < 1.29 is 26.3 Å². The summed E-state index contributed by atoms with van der Waals surface area (Å²) in [4.78, 5) is 28.6. The highest BCUT2D eigenvalue weighted by molar-refractivity contribution is 6.30. The average molecular weight is 530 g/mol. The molecule has 0 aliphatic rings. The second-order valence-electron chi connectivity index (χ2n) is 7.02. The van der Waals surface area contributed by atoms with Crippen LogP contribution in [0.4, 0.5) is 32.2 Å². The van der Waals surface area contributed by atoms with Crippen molar-refractivity contribution >= 4 is 17.4 Å². The third-order valence-corrected chi connectivity index (χ3v) is 4.63. The molecule has 0 fully saturated rings. The number of rotatable bonds is 2. The molecule has 0 aromatic carbocycles. The Labute approximate surface area is 203 Å². The highest BCUT2D eigenvalue weighted by Crippen LogP contribution is 2.27. The number of nitrogens with two attached hydrogens (primary N) is 1. The van der Waals surface area contributed by atoms with Crippen molar-refractivity contribution in [2.45, 2.75) is 26.2 Å². The van der Waals surface area contributed by atoms with Crippen LogP contribution >= 0.6 is 11.6 Å². The fourth-order valence-electron chi connectivity index (χ4n) is 2.33. The summed E-state index contributed by atoms with van der Waals surface area (Å²) in [6.07, 6.45) is -2.12. The number of anilines is 1. The molecule has 0 aliphatic carbocycles. The van der Waals surface area contributed by atoms with Gasteiger partial charge in [-0.25, -0.2) is 39.9 Å². The Kier molecular flexibility index (Phi) is 7.62. The van der Waals surface area contributed by atoms with E-state index < -0.39 is 24.0 Å². The number of hydrogen-bond acceptors (Lipinski definition) is 9. The van der Waals surface area contributed by atoms with Gasteiger partial charge in [0.25, 0.3) is 0 Å². The minimum atomic E-state index is -4.57. The van der Waals surface area contributed by atoms with Crippen LogP contribution in [0, 0.1) is 13.8 Å². The molecule has 36 heavy (non-hydrogen) atoms. The molecular formula is C20H14ClF6N9. The lowest BCUT2D eigenvalue weighted by molar-refractivity contribution is -0.145. The zero-order valence-electron chi connectivity index (χ0n) is 18.3. The molecule has 0 aliphatic heterocycles. The van der Waals surface area contributed by atoms with Gasteiger partial charge in [0, 0.05) is 48.3 Å². The summed E-state index contributed by atoms with van der Waals surface area (Å²) in [5.41, 5.74) is 7.49. The molecule has 0 radical (unpaired) electrons. The van der Waals surface area contributed by atoms with Crippen LogP contribution in [-0.2, 0) is 12.4 Å². The Morgan fingerprint density at radius 3 is 1.36 bits per heavy atom. The largest absolute Gasteiger partial charge is 0.451 e. The van der Waals surface area contributed by atoms with Gasteiger partial charge < -0.3 is 5.73 Å². The van der Waals surface area contributed by atoms with Gasteiger partial charge in [0.05, 0.1) is 11.1 Å². The van der Waals surface area contributed by atoms with Gasteiger partial charge in [-0.05, 0) is 13.8 Å². The molecule has 9 nitrogen and oxygen atoms in total. The van der Waals surface area contributed by atoms with Crippen LogP contribution < -0.4 is 5.73 Å². The first kappa shape index (κ1) is 26.6. The highest BCUT2D eigenvalue weighted by Gasteiger charge is 2.35. The number of nitrogen functional groups attached to an aromatic ring is 1. The molecular weight excluding hydrogens is 516 g/mol. The summed E-state index contributed by atoms with van der Waals surface area (Å²) in [6, 6.07) is 0. The zero-order chi connectivity index (χ0) is 26.7. The Morgan fingerprint density at radius 2 is 1.00 bits per heavy atom. The second-order valence-corrected chi connectivity index (χ2v) is 7.37. The van der Waals surface area contributed by atoms with Crippen molar-refractivity contribution in [1.82, 2.24) is 39.9 Å². The van der Waals surface area contributed by atoms with Crippen LogP contribution in [0.15, 0.2) is 37.2 Å². The third-order valence-electron chi connectivity index (χ3n) is 4.25. The van der Waals surface area contributed by atoms with Crippen molar-refractivity contribution in [3.8, 4) is 22.8 Å². The van der Waals surface area contributed by atoms with Crippen LogP contribution in [0.2, 0.25) is 5.15 Å². The number of halogens is 7. The Balaban J connectivity index is 0.000000201. The molecule has 188 valence electrons. The standard InChI is InChI=1S/C10H6ClF3N4.C10H8F3N5/c1-5-2-15-8(18-7(5)11)6-3-16-9(17-4-6)10(12,13)14;1-5-2-15-8(18-7(5)14)6-3-16-9(17-4-6)10(11,12)13/h2-4H,1H3;2-4H,1H3,(H2,14,15,18). The lowest BCUT2D eigenvalue weighted by Crippen LogP contribution is -2.10. The first-order valence-corrected chi connectivity index (χ1v) is 10.0. The Hall–Kier alpha value is -4.01. The van der Waals surface area contributed by atoms with Gasteiger partial charge in [0.2, 0.25) is 11.6 Å². The summed E-state index contributed by atoms with van der Waals surface area (Å²) in [5, 5.41) is 0.236. The lowest BCUT2D eigenvalue weighted by Gasteiger charge is -2.05. The van der Waals surface area contributed by atoms with E-state index in [1.165, 1.54) is 12.4 Å². The van der Waals surface area contributed by atoms with Gasteiger partial charge in [0.15, 0.2) is 11.6 Å². The number of aromatic nitrogens is 8. The minimum Gasteiger partial charge on any atom is -0.383 e. The summed E-state index contributed by atoms with van der Waals surface area (Å²) < 4.78 is 73.6. The molecule has 4 aromatic heterocycles.